The molecule has 0 bridgehead atoms. The fourth-order valence-electron chi connectivity index (χ4n) is 2.72. The van der Waals surface area contributed by atoms with Gasteiger partial charge in [-0.05, 0) is 43.6 Å². The van der Waals surface area contributed by atoms with E-state index in [1.807, 2.05) is 18.2 Å². The van der Waals surface area contributed by atoms with Crippen LogP contribution in [0, 0.1) is 4.77 Å². The smallest absolute Gasteiger partial charge is 0.199 e. The molecule has 0 fully saturated rings. The van der Waals surface area contributed by atoms with Gasteiger partial charge in [0.05, 0.1) is 19.9 Å². The van der Waals surface area contributed by atoms with Crippen LogP contribution in [0.15, 0.2) is 18.2 Å². The highest BCUT2D eigenvalue weighted by molar-refractivity contribution is 7.71. The van der Waals surface area contributed by atoms with Gasteiger partial charge in [0.2, 0.25) is 0 Å². The van der Waals surface area contributed by atoms with Crippen LogP contribution in [0.4, 0.5) is 5.82 Å². The van der Waals surface area contributed by atoms with Crippen molar-refractivity contribution in [3.8, 4) is 22.8 Å². The fourth-order valence-corrected chi connectivity index (χ4v) is 2.91. The molecule has 0 amide bonds. The zero-order valence-electron chi connectivity index (χ0n) is 12.7. The molecule has 0 spiro atoms. The van der Waals surface area contributed by atoms with Crippen LogP contribution in [0.5, 0.6) is 11.5 Å². The first-order valence-corrected chi connectivity index (χ1v) is 7.72. The number of aromatic amines is 1. The van der Waals surface area contributed by atoms with Crippen molar-refractivity contribution in [3.63, 3.8) is 0 Å². The van der Waals surface area contributed by atoms with Crippen molar-refractivity contribution < 1.29 is 9.47 Å². The Kier molecular flexibility index (Phi) is 4.29. The van der Waals surface area contributed by atoms with Gasteiger partial charge in [-0.2, -0.15) is 0 Å². The minimum Gasteiger partial charge on any atom is -0.497 e. The molecule has 1 aliphatic heterocycles. The molecule has 1 aromatic carbocycles. The molecular weight excluding hydrogens is 298 g/mol. The summed E-state index contributed by atoms with van der Waals surface area (Å²) in [5.41, 5.74) is 3.15. The molecule has 116 valence electrons. The van der Waals surface area contributed by atoms with Gasteiger partial charge in [0, 0.05) is 23.7 Å². The number of nitrogens with one attached hydrogen (secondary N) is 2. The highest BCUT2D eigenvalue weighted by atomic mass is 32.1. The lowest BCUT2D eigenvalue weighted by atomic mass is 10.0. The van der Waals surface area contributed by atoms with Crippen LogP contribution in [0.3, 0.4) is 0 Å². The van der Waals surface area contributed by atoms with Crippen molar-refractivity contribution in [1.29, 1.82) is 0 Å². The van der Waals surface area contributed by atoms with E-state index in [1.54, 1.807) is 14.2 Å². The summed E-state index contributed by atoms with van der Waals surface area (Å²) in [6, 6.07) is 5.82. The third-order valence-corrected chi connectivity index (χ3v) is 4.01. The van der Waals surface area contributed by atoms with Crippen LogP contribution < -0.4 is 14.8 Å². The summed E-state index contributed by atoms with van der Waals surface area (Å²) in [5, 5.41) is 3.37. The summed E-state index contributed by atoms with van der Waals surface area (Å²) in [5.74, 6) is 2.39. The maximum atomic E-state index is 5.37. The van der Waals surface area contributed by atoms with Gasteiger partial charge in [0.15, 0.2) is 4.77 Å². The first-order valence-electron chi connectivity index (χ1n) is 7.32. The third kappa shape index (κ3) is 2.92. The second-order valence-electron chi connectivity index (χ2n) is 5.23. The van der Waals surface area contributed by atoms with Crippen molar-refractivity contribution >= 4 is 18.0 Å². The average molecular weight is 317 g/mol. The lowest BCUT2D eigenvalue weighted by Gasteiger charge is -2.14. The summed E-state index contributed by atoms with van der Waals surface area (Å²) in [7, 11) is 3.30. The Bertz CT molecular complexity index is 720. The largest absolute Gasteiger partial charge is 0.497 e. The van der Waals surface area contributed by atoms with Gasteiger partial charge in [-0.3, -0.25) is 0 Å². The molecule has 3 rings (SSSR count). The summed E-state index contributed by atoms with van der Waals surface area (Å²) < 4.78 is 11.2. The lowest BCUT2D eigenvalue weighted by Crippen LogP contribution is -2.05. The summed E-state index contributed by atoms with van der Waals surface area (Å²) in [6.07, 6.45) is 3.22. The Morgan fingerprint density at radius 1 is 1.09 bits per heavy atom. The van der Waals surface area contributed by atoms with Gasteiger partial charge in [0.25, 0.3) is 0 Å². The Morgan fingerprint density at radius 2 is 1.82 bits per heavy atom. The SMILES string of the molecule is COc1cc(OC)cc(-c2[nH]c(=S)nc3c2CCCCN3)c1. The van der Waals surface area contributed by atoms with Crippen LogP contribution in [0.25, 0.3) is 11.3 Å². The number of nitrogens with zero attached hydrogens (tertiary/aromatic N) is 1. The average Bonchev–Trinajstić information content (AvgIpc) is 2.78. The number of anilines is 1. The molecule has 0 saturated heterocycles. The zero-order valence-corrected chi connectivity index (χ0v) is 13.5. The van der Waals surface area contributed by atoms with E-state index in [9.17, 15) is 0 Å². The van der Waals surface area contributed by atoms with Gasteiger partial charge in [0.1, 0.15) is 17.3 Å². The van der Waals surface area contributed by atoms with Gasteiger partial charge in [-0.1, -0.05) is 0 Å². The molecule has 0 atom stereocenters. The Morgan fingerprint density at radius 3 is 2.50 bits per heavy atom. The summed E-state index contributed by atoms with van der Waals surface area (Å²) in [4.78, 5) is 7.67. The van der Waals surface area contributed by atoms with Crippen molar-refractivity contribution in [2.75, 3.05) is 26.1 Å². The van der Waals surface area contributed by atoms with E-state index in [2.05, 4.69) is 15.3 Å². The molecule has 2 heterocycles. The quantitative estimate of drug-likeness (QED) is 0.848. The van der Waals surface area contributed by atoms with E-state index >= 15 is 0 Å². The highest BCUT2D eigenvalue weighted by Gasteiger charge is 2.16. The minimum absolute atomic E-state index is 0.477. The number of fused-ring (bicyclic) bond motifs is 1. The predicted molar refractivity (Wildman–Crippen MR) is 89.4 cm³/mol. The Labute approximate surface area is 134 Å². The molecule has 22 heavy (non-hydrogen) atoms. The van der Waals surface area contributed by atoms with Crippen LogP contribution in [0.1, 0.15) is 18.4 Å². The third-order valence-electron chi connectivity index (χ3n) is 3.82. The first kappa shape index (κ1) is 14.8. The molecule has 6 heteroatoms. The van der Waals surface area contributed by atoms with E-state index < -0.39 is 0 Å². The molecule has 0 radical (unpaired) electrons. The summed E-state index contributed by atoms with van der Waals surface area (Å²) >= 11 is 5.28. The fraction of sp³-hybridized carbons (Fsp3) is 0.375. The van der Waals surface area contributed by atoms with E-state index in [4.69, 9.17) is 21.7 Å². The molecule has 0 unspecified atom stereocenters. The van der Waals surface area contributed by atoms with Crippen LogP contribution in [-0.2, 0) is 6.42 Å². The highest BCUT2D eigenvalue weighted by Crippen LogP contribution is 2.34. The standard InChI is InChI=1S/C16H19N3O2S/c1-20-11-7-10(8-12(9-11)21-2)14-13-5-3-4-6-17-15(13)19-16(22)18-14/h7-9H,3-6H2,1-2H3,(H2,17,18,19,22). The second-order valence-corrected chi connectivity index (χ2v) is 5.62. The Hall–Kier alpha value is -2.08. The number of benzene rings is 1. The molecule has 5 nitrogen and oxygen atoms in total. The Balaban J connectivity index is 2.19. The molecule has 2 N–H and O–H groups in total. The van der Waals surface area contributed by atoms with Crippen molar-refractivity contribution in [2.24, 2.45) is 0 Å². The number of H-pyrrole nitrogens is 1. The maximum absolute atomic E-state index is 5.37. The van der Waals surface area contributed by atoms with Crippen molar-refractivity contribution in [1.82, 2.24) is 9.97 Å². The predicted octanol–water partition coefficient (Wildman–Crippen LogP) is 3.57. The number of ether oxygens (including phenoxy) is 2. The number of hydrogen-bond acceptors (Lipinski definition) is 5. The number of methoxy groups -OCH3 is 2. The van der Waals surface area contributed by atoms with Gasteiger partial charge in [-0.25, -0.2) is 4.98 Å². The molecule has 0 aliphatic carbocycles. The normalized spacial score (nSPS) is 13.7. The topological polar surface area (TPSA) is 59.2 Å². The van der Waals surface area contributed by atoms with E-state index in [0.29, 0.717) is 4.77 Å². The van der Waals surface area contributed by atoms with Crippen LogP contribution in [-0.4, -0.2) is 30.7 Å². The lowest BCUT2D eigenvalue weighted by molar-refractivity contribution is 0.394. The number of hydrogen-bond donors (Lipinski definition) is 2. The van der Waals surface area contributed by atoms with Gasteiger partial charge >= 0.3 is 0 Å². The van der Waals surface area contributed by atoms with E-state index in [1.165, 1.54) is 5.56 Å². The van der Waals surface area contributed by atoms with Crippen molar-refractivity contribution in [2.45, 2.75) is 19.3 Å². The molecular formula is C16H19N3O2S. The molecule has 1 aliphatic rings. The molecule has 2 aromatic rings. The van der Waals surface area contributed by atoms with Gasteiger partial charge < -0.3 is 19.8 Å². The molecule has 0 saturated carbocycles. The van der Waals surface area contributed by atoms with Crippen molar-refractivity contribution in [3.05, 3.63) is 28.5 Å². The number of aromatic nitrogens is 2. The monoisotopic (exact) mass is 317 g/mol. The van der Waals surface area contributed by atoms with E-state index in [-0.39, 0.29) is 0 Å². The minimum atomic E-state index is 0.477. The summed E-state index contributed by atoms with van der Waals surface area (Å²) in [6.45, 7) is 0.930. The molecule has 1 aromatic heterocycles. The maximum Gasteiger partial charge on any atom is 0.199 e. The van der Waals surface area contributed by atoms with Gasteiger partial charge in [-0.15, -0.1) is 0 Å². The number of rotatable bonds is 3. The van der Waals surface area contributed by atoms with Crippen LogP contribution in [0.2, 0.25) is 0 Å². The second kappa shape index (κ2) is 6.36. The zero-order chi connectivity index (χ0) is 15.5. The first-order chi connectivity index (χ1) is 10.7. The van der Waals surface area contributed by atoms with Crippen LogP contribution >= 0.6 is 12.2 Å². The van der Waals surface area contributed by atoms with E-state index in [0.717, 1.165) is 54.4 Å².